The van der Waals surface area contributed by atoms with Gasteiger partial charge in [0.15, 0.2) is 4.96 Å². The number of fused-ring (bicyclic) bond motifs is 1. The molecule has 0 spiro atoms. The molecule has 23 heavy (non-hydrogen) atoms. The molecular weight excluding hydrogens is 308 g/mol. The number of hydrogen-bond acceptors (Lipinski definition) is 4. The number of carbonyl (C=O) groups is 1. The van der Waals surface area contributed by atoms with Crippen molar-refractivity contribution in [2.75, 3.05) is 19.6 Å². The normalized spacial score (nSPS) is 25.7. The van der Waals surface area contributed by atoms with Gasteiger partial charge in [-0.15, -0.1) is 11.3 Å². The van der Waals surface area contributed by atoms with Crippen molar-refractivity contribution in [3.05, 3.63) is 23.5 Å². The Bertz CT molecular complexity index is 665. The summed E-state index contributed by atoms with van der Waals surface area (Å²) in [5.74, 6) is 0.251. The number of aromatic nitrogens is 2. The Morgan fingerprint density at radius 3 is 2.96 bits per heavy atom. The predicted octanol–water partition coefficient (Wildman–Crippen LogP) is 2.41. The van der Waals surface area contributed by atoms with Crippen LogP contribution in [0.1, 0.15) is 38.3 Å². The third-order valence-electron chi connectivity index (χ3n) is 5.36. The summed E-state index contributed by atoms with van der Waals surface area (Å²) in [7, 11) is 0. The molecule has 0 saturated carbocycles. The van der Waals surface area contributed by atoms with Gasteiger partial charge in [-0.1, -0.05) is 6.92 Å². The minimum absolute atomic E-state index is 0.251. The SMILES string of the molecule is CCN1CCC[C@H]1[C@H]1CCCN1C(=O)Cc1cn2ccsc2n1. The van der Waals surface area contributed by atoms with Gasteiger partial charge in [0.25, 0.3) is 0 Å². The highest BCUT2D eigenvalue weighted by Crippen LogP contribution is 2.30. The first-order valence-electron chi connectivity index (χ1n) is 8.71. The molecule has 2 aromatic heterocycles. The summed E-state index contributed by atoms with van der Waals surface area (Å²) in [6.45, 7) is 5.44. The van der Waals surface area contributed by atoms with E-state index in [-0.39, 0.29) is 5.91 Å². The van der Waals surface area contributed by atoms with Crippen molar-refractivity contribution >= 4 is 22.2 Å². The lowest BCUT2D eigenvalue weighted by molar-refractivity contribution is -0.132. The first-order valence-corrected chi connectivity index (χ1v) is 9.59. The topological polar surface area (TPSA) is 40.9 Å². The largest absolute Gasteiger partial charge is 0.338 e. The van der Waals surface area contributed by atoms with Crippen LogP contribution in [0, 0.1) is 0 Å². The van der Waals surface area contributed by atoms with Crippen LogP contribution >= 0.6 is 11.3 Å². The Hall–Kier alpha value is -1.40. The number of rotatable bonds is 4. The number of likely N-dealkylation sites (N-methyl/N-ethyl adjacent to an activating group) is 1. The zero-order valence-electron chi connectivity index (χ0n) is 13.6. The highest BCUT2D eigenvalue weighted by molar-refractivity contribution is 7.15. The molecule has 2 aliphatic rings. The zero-order valence-corrected chi connectivity index (χ0v) is 14.5. The third kappa shape index (κ3) is 2.78. The number of amides is 1. The number of carbonyl (C=O) groups excluding carboxylic acids is 1. The summed E-state index contributed by atoms with van der Waals surface area (Å²) in [5, 5.41) is 2.02. The summed E-state index contributed by atoms with van der Waals surface area (Å²) < 4.78 is 2.00. The molecule has 4 rings (SSSR count). The van der Waals surface area contributed by atoms with E-state index in [2.05, 4.69) is 21.7 Å². The Labute approximate surface area is 140 Å². The fourth-order valence-electron chi connectivity index (χ4n) is 4.30. The van der Waals surface area contributed by atoms with E-state index in [1.54, 1.807) is 11.3 Å². The summed E-state index contributed by atoms with van der Waals surface area (Å²) in [6, 6.07) is 0.977. The van der Waals surface area contributed by atoms with E-state index in [9.17, 15) is 4.79 Å². The maximum Gasteiger partial charge on any atom is 0.228 e. The molecule has 124 valence electrons. The summed E-state index contributed by atoms with van der Waals surface area (Å²) in [5.41, 5.74) is 0.895. The van der Waals surface area contributed by atoms with Gasteiger partial charge < -0.3 is 4.90 Å². The minimum Gasteiger partial charge on any atom is -0.338 e. The second-order valence-corrected chi connectivity index (χ2v) is 7.51. The van der Waals surface area contributed by atoms with Crippen molar-refractivity contribution < 1.29 is 4.79 Å². The molecule has 2 aromatic rings. The van der Waals surface area contributed by atoms with E-state index in [1.165, 1.54) is 19.4 Å². The highest BCUT2D eigenvalue weighted by atomic mass is 32.1. The van der Waals surface area contributed by atoms with Crippen LogP contribution in [0.3, 0.4) is 0 Å². The van der Waals surface area contributed by atoms with Gasteiger partial charge in [0.2, 0.25) is 5.91 Å². The molecule has 1 amide bonds. The molecule has 5 nitrogen and oxygen atoms in total. The third-order valence-corrected chi connectivity index (χ3v) is 6.13. The zero-order chi connectivity index (χ0) is 15.8. The molecule has 2 atom stereocenters. The minimum atomic E-state index is 0.251. The summed E-state index contributed by atoms with van der Waals surface area (Å²) >= 11 is 1.61. The van der Waals surface area contributed by atoms with E-state index in [1.807, 2.05) is 22.2 Å². The second kappa shape index (κ2) is 6.24. The van der Waals surface area contributed by atoms with Crippen LogP contribution in [0.4, 0.5) is 0 Å². The maximum absolute atomic E-state index is 12.8. The fraction of sp³-hybridized carbons (Fsp3) is 0.647. The average Bonchev–Trinajstić information content (AvgIpc) is 3.28. The lowest BCUT2D eigenvalue weighted by Gasteiger charge is -2.34. The van der Waals surface area contributed by atoms with E-state index in [4.69, 9.17) is 0 Å². The number of thiazole rings is 1. The Balaban J connectivity index is 1.47. The van der Waals surface area contributed by atoms with E-state index in [0.29, 0.717) is 18.5 Å². The van der Waals surface area contributed by atoms with Gasteiger partial charge in [-0.3, -0.25) is 14.1 Å². The molecule has 0 radical (unpaired) electrons. The van der Waals surface area contributed by atoms with Crippen molar-refractivity contribution in [3.8, 4) is 0 Å². The first-order chi connectivity index (χ1) is 11.3. The van der Waals surface area contributed by atoms with Crippen LogP contribution in [0.2, 0.25) is 0 Å². The standard InChI is InChI=1S/C17H24N4OS/c1-2-19-7-3-5-14(19)15-6-4-8-21(15)16(22)11-13-12-20-9-10-23-17(20)18-13/h9-10,12,14-15H,2-8,11H2,1H3/t14-,15+/m0/s1. The number of imidazole rings is 1. The van der Waals surface area contributed by atoms with E-state index >= 15 is 0 Å². The van der Waals surface area contributed by atoms with Gasteiger partial charge in [-0.25, -0.2) is 4.98 Å². The van der Waals surface area contributed by atoms with Gasteiger partial charge in [-0.05, 0) is 38.8 Å². The Kier molecular flexibility index (Phi) is 4.11. The van der Waals surface area contributed by atoms with Crippen LogP contribution in [-0.2, 0) is 11.2 Å². The number of hydrogen-bond donors (Lipinski definition) is 0. The van der Waals surface area contributed by atoms with Crippen LogP contribution in [0.25, 0.3) is 4.96 Å². The number of nitrogens with zero attached hydrogens (tertiary/aromatic N) is 4. The molecular formula is C17H24N4OS. The Morgan fingerprint density at radius 1 is 1.30 bits per heavy atom. The molecule has 0 aliphatic carbocycles. The van der Waals surface area contributed by atoms with Gasteiger partial charge in [0.05, 0.1) is 12.1 Å². The van der Waals surface area contributed by atoms with Crippen molar-refractivity contribution in [2.45, 2.75) is 51.1 Å². The van der Waals surface area contributed by atoms with Crippen molar-refractivity contribution in [2.24, 2.45) is 0 Å². The van der Waals surface area contributed by atoms with E-state index < -0.39 is 0 Å². The number of likely N-dealkylation sites (tertiary alicyclic amines) is 2. The molecule has 2 fully saturated rings. The first kappa shape index (κ1) is 15.1. The molecule has 6 heteroatoms. The van der Waals surface area contributed by atoms with Crippen LogP contribution in [0.15, 0.2) is 17.8 Å². The van der Waals surface area contributed by atoms with Crippen LogP contribution < -0.4 is 0 Å². The molecule has 2 aliphatic heterocycles. The smallest absolute Gasteiger partial charge is 0.228 e. The van der Waals surface area contributed by atoms with Crippen molar-refractivity contribution in [1.82, 2.24) is 19.2 Å². The van der Waals surface area contributed by atoms with Crippen LogP contribution in [0.5, 0.6) is 0 Å². The van der Waals surface area contributed by atoms with Crippen LogP contribution in [-0.4, -0.2) is 56.8 Å². The predicted molar refractivity (Wildman–Crippen MR) is 91.8 cm³/mol. The molecule has 0 unspecified atom stereocenters. The fourth-order valence-corrected chi connectivity index (χ4v) is 5.02. The lowest BCUT2D eigenvalue weighted by atomic mass is 10.0. The average molecular weight is 332 g/mol. The van der Waals surface area contributed by atoms with E-state index in [0.717, 1.165) is 36.6 Å². The lowest BCUT2D eigenvalue weighted by Crippen LogP contribution is -2.48. The maximum atomic E-state index is 12.8. The molecule has 4 heterocycles. The quantitative estimate of drug-likeness (QED) is 0.863. The van der Waals surface area contributed by atoms with Gasteiger partial charge in [0, 0.05) is 36.4 Å². The molecule has 0 aromatic carbocycles. The molecule has 2 saturated heterocycles. The monoisotopic (exact) mass is 332 g/mol. The Morgan fingerprint density at radius 2 is 2.13 bits per heavy atom. The van der Waals surface area contributed by atoms with Crippen molar-refractivity contribution in [3.63, 3.8) is 0 Å². The summed E-state index contributed by atoms with van der Waals surface area (Å²) in [6.07, 6.45) is 9.23. The van der Waals surface area contributed by atoms with Gasteiger partial charge >= 0.3 is 0 Å². The van der Waals surface area contributed by atoms with Crippen molar-refractivity contribution in [1.29, 1.82) is 0 Å². The summed E-state index contributed by atoms with van der Waals surface area (Å²) in [4.78, 5) is 23.1. The molecule has 0 N–H and O–H groups in total. The van der Waals surface area contributed by atoms with Gasteiger partial charge in [-0.2, -0.15) is 0 Å². The van der Waals surface area contributed by atoms with Gasteiger partial charge in [0.1, 0.15) is 0 Å². The second-order valence-electron chi connectivity index (χ2n) is 6.64. The molecule has 0 bridgehead atoms. The highest BCUT2D eigenvalue weighted by Gasteiger charge is 2.39.